The molecule has 0 atom stereocenters. The van der Waals surface area contributed by atoms with E-state index in [1.807, 2.05) is 0 Å². The molecule has 0 amide bonds. The van der Waals surface area contributed by atoms with Crippen LogP contribution in [0, 0.1) is 0 Å². The second-order valence-electron chi connectivity index (χ2n) is 5.28. The molecule has 0 saturated carbocycles. The fourth-order valence-corrected chi connectivity index (χ4v) is 2.25. The predicted molar refractivity (Wildman–Crippen MR) is 72.2 cm³/mol. The third kappa shape index (κ3) is 3.63. The minimum absolute atomic E-state index is 0.0863. The van der Waals surface area contributed by atoms with E-state index in [0.717, 1.165) is 6.07 Å². The molecule has 4 nitrogen and oxygen atoms in total. The fourth-order valence-electron chi connectivity index (χ4n) is 1.57. The molecule has 2 aromatic rings. The molecule has 114 valence electrons. The Hall–Kier alpha value is -1.83. The Kier molecular flexibility index (Phi) is 3.83. The molecule has 2 heterocycles. The summed E-state index contributed by atoms with van der Waals surface area (Å²) in [6.07, 6.45) is -5.85. The molecule has 0 aliphatic carbocycles. The summed E-state index contributed by atoms with van der Waals surface area (Å²) in [7, 11) is 0. The van der Waals surface area contributed by atoms with E-state index in [1.165, 1.54) is 11.3 Å². The quantitative estimate of drug-likeness (QED) is 0.782. The standard InChI is InChI=1S/C13H13F3N2O2S/c1-12(2,3)20-11(19)18-10(13(14,15)16)7-8(17-18)9-5-4-6-21-9/h4-7H,1-3H3. The molecule has 0 saturated heterocycles. The first-order valence-electron chi connectivity index (χ1n) is 6.02. The number of aromatic nitrogens is 2. The molecule has 0 spiro atoms. The van der Waals surface area contributed by atoms with Crippen LogP contribution in [-0.4, -0.2) is 21.5 Å². The molecule has 0 aliphatic rings. The summed E-state index contributed by atoms with van der Waals surface area (Å²) in [6.45, 7) is 4.71. The van der Waals surface area contributed by atoms with Crippen LogP contribution in [0.15, 0.2) is 23.6 Å². The van der Waals surface area contributed by atoms with Crippen LogP contribution in [0.2, 0.25) is 0 Å². The Labute approximate surface area is 123 Å². The average Bonchev–Trinajstić information content (AvgIpc) is 2.94. The number of rotatable bonds is 1. The lowest BCUT2D eigenvalue weighted by molar-refractivity contribution is -0.143. The van der Waals surface area contributed by atoms with E-state index >= 15 is 0 Å². The maximum absolute atomic E-state index is 13.0. The molecule has 0 aliphatic heterocycles. The van der Waals surface area contributed by atoms with Gasteiger partial charge >= 0.3 is 12.3 Å². The van der Waals surface area contributed by atoms with Crippen LogP contribution >= 0.6 is 11.3 Å². The first-order chi connectivity index (χ1) is 9.58. The number of hydrogen-bond donors (Lipinski definition) is 0. The number of halogens is 3. The van der Waals surface area contributed by atoms with Gasteiger partial charge in [0.25, 0.3) is 0 Å². The number of nitrogens with zero attached hydrogens (tertiary/aromatic N) is 2. The molecule has 8 heteroatoms. The number of alkyl halides is 3. The van der Waals surface area contributed by atoms with Gasteiger partial charge in [-0.3, -0.25) is 0 Å². The van der Waals surface area contributed by atoms with E-state index in [9.17, 15) is 18.0 Å². The molecule has 0 unspecified atom stereocenters. The Morgan fingerprint density at radius 1 is 1.33 bits per heavy atom. The first kappa shape index (κ1) is 15.6. The Bertz CT molecular complexity index is 639. The van der Waals surface area contributed by atoms with Gasteiger partial charge in [-0.15, -0.1) is 11.3 Å². The van der Waals surface area contributed by atoms with Crippen molar-refractivity contribution in [3.8, 4) is 10.6 Å². The van der Waals surface area contributed by atoms with Crippen LogP contribution in [-0.2, 0) is 10.9 Å². The van der Waals surface area contributed by atoms with Gasteiger partial charge in [-0.25, -0.2) is 4.79 Å². The van der Waals surface area contributed by atoms with E-state index in [1.54, 1.807) is 38.3 Å². The Morgan fingerprint density at radius 2 is 2.00 bits per heavy atom. The maximum atomic E-state index is 13.0. The van der Waals surface area contributed by atoms with Crippen molar-refractivity contribution in [3.63, 3.8) is 0 Å². The Morgan fingerprint density at radius 3 is 2.48 bits per heavy atom. The lowest BCUT2D eigenvalue weighted by Gasteiger charge is -2.20. The summed E-state index contributed by atoms with van der Waals surface area (Å²) in [6, 6.07) is 4.17. The van der Waals surface area contributed by atoms with Gasteiger partial charge in [0.1, 0.15) is 11.3 Å². The van der Waals surface area contributed by atoms with Gasteiger partial charge in [0, 0.05) is 0 Å². The van der Waals surface area contributed by atoms with Gasteiger partial charge in [0.2, 0.25) is 0 Å². The number of carbonyl (C=O) groups is 1. The highest BCUT2D eigenvalue weighted by Crippen LogP contribution is 2.33. The number of hydrogen-bond acceptors (Lipinski definition) is 4. The van der Waals surface area contributed by atoms with Crippen molar-refractivity contribution in [3.05, 3.63) is 29.3 Å². The molecule has 2 aromatic heterocycles. The highest BCUT2D eigenvalue weighted by atomic mass is 32.1. The highest BCUT2D eigenvalue weighted by molar-refractivity contribution is 7.13. The van der Waals surface area contributed by atoms with E-state index in [-0.39, 0.29) is 10.4 Å². The molecule has 0 radical (unpaired) electrons. The molecule has 0 N–H and O–H groups in total. The number of thiophene rings is 1. The first-order valence-corrected chi connectivity index (χ1v) is 6.90. The second-order valence-corrected chi connectivity index (χ2v) is 6.23. The maximum Gasteiger partial charge on any atom is 0.435 e. The summed E-state index contributed by atoms with van der Waals surface area (Å²) in [5.74, 6) is 0. The Balaban J connectivity index is 2.46. The van der Waals surface area contributed by atoms with Gasteiger partial charge in [-0.2, -0.15) is 23.0 Å². The van der Waals surface area contributed by atoms with Crippen molar-refractivity contribution in [1.82, 2.24) is 9.78 Å². The van der Waals surface area contributed by atoms with Crippen molar-refractivity contribution < 1.29 is 22.7 Å². The minimum Gasteiger partial charge on any atom is -0.442 e. The van der Waals surface area contributed by atoms with Crippen molar-refractivity contribution in [2.24, 2.45) is 0 Å². The topological polar surface area (TPSA) is 44.1 Å². The number of ether oxygens (including phenoxy) is 1. The van der Waals surface area contributed by atoms with Gasteiger partial charge in [0.15, 0.2) is 5.69 Å². The van der Waals surface area contributed by atoms with Gasteiger partial charge in [0.05, 0.1) is 4.88 Å². The van der Waals surface area contributed by atoms with Crippen LogP contribution in [0.25, 0.3) is 10.6 Å². The van der Waals surface area contributed by atoms with Gasteiger partial charge in [-0.1, -0.05) is 6.07 Å². The zero-order valence-corrected chi connectivity index (χ0v) is 12.4. The van der Waals surface area contributed by atoms with Crippen LogP contribution in [0.3, 0.4) is 0 Å². The molecular weight excluding hydrogens is 305 g/mol. The van der Waals surface area contributed by atoms with E-state index in [0.29, 0.717) is 4.88 Å². The lowest BCUT2D eigenvalue weighted by atomic mass is 10.2. The average molecular weight is 318 g/mol. The molecular formula is C13H13F3N2O2S. The summed E-state index contributed by atoms with van der Waals surface area (Å²) >= 11 is 1.24. The summed E-state index contributed by atoms with van der Waals surface area (Å²) in [5.41, 5.74) is -1.97. The fraction of sp³-hybridized carbons (Fsp3) is 0.385. The van der Waals surface area contributed by atoms with Crippen molar-refractivity contribution in [2.75, 3.05) is 0 Å². The van der Waals surface area contributed by atoms with Gasteiger partial charge in [-0.05, 0) is 38.3 Å². The summed E-state index contributed by atoms with van der Waals surface area (Å²) < 4.78 is 44.3. The second kappa shape index (κ2) is 5.18. The minimum atomic E-state index is -4.70. The van der Waals surface area contributed by atoms with E-state index in [4.69, 9.17) is 4.74 Å². The molecule has 0 bridgehead atoms. The normalized spacial score (nSPS) is 12.5. The van der Waals surface area contributed by atoms with E-state index in [2.05, 4.69) is 5.10 Å². The van der Waals surface area contributed by atoms with Crippen LogP contribution in [0.1, 0.15) is 26.5 Å². The highest BCUT2D eigenvalue weighted by Gasteiger charge is 2.39. The number of carbonyl (C=O) groups excluding carboxylic acids is 1. The smallest absolute Gasteiger partial charge is 0.435 e. The predicted octanol–water partition coefficient (Wildman–Crippen LogP) is 4.41. The van der Waals surface area contributed by atoms with Crippen molar-refractivity contribution in [2.45, 2.75) is 32.5 Å². The zero-order valence-electron chi connectivity index (χ0n) is 11.6. The SMILES string of the molecule is CC(C)(C)OC(=O)n1nc(-c2cccs2)cc1C(F)(F)F. The summed E-state index contributed by atoms with van der Waals surface area (Å²) in [4.78, 5) is 12.4. The third-order valence-corrected chi connectivity index (χ3v) is 3.23. The molecule has 0 aromatic carbocycles. The third-order valence-electron chi connectivity index (χ3n) is 2.34. The monoisotopic (exact) mass is 318 g/mol. The van der Waals surface area contributed by atoms with Crippen LogP contribution < -0.4 is 0 Å². The van der Waals surface area contributed by atoms with E-state index < -0.39 is 23.6 Å². The summed E-state index contributed by atoms with van der Waals surface area (Å²) in [5, 5.41) is 5.45. The largest absolute Gasteiger partial charge is 0.442 e. The molecule has 0 fully saturated rings. The molecule has 2 rings (SSSR count). The van der Waals surface area contributed by atoms with Crippen molar-refractivity contribution >= 4 is 17.4 Å². The lowest BCUT2D eigenvalue weighted by Crippen LogP contribution is -2.30. The zero-order chi connectivity index (χ0) is 15.8. The van der Waals surface area contributed by atoms with Crippen LogP contribution in [0.5, 0.6) is 0 Å². The van der Waals surface area contributed by atoms with Crippen LogP contribution in [0.4, 0.5) is 18.0 Å². The molecule has 21 heavy (non-hydrogen) atoms. The van der Waals surface area contributed by atoms with Crippen molar-refractivity contribution in [1.29, 1.82) is 0 Å². The van der Waals surface area contributed by atoms with Gasteiger partial charge < -0.3 is 4.74 Å².